The molecule has 0 aromatic heterocycles. The van der Waals surface area contributed by atoms with Crippen molar-refractivity contribution in [3.05, 3.63) is 89.5 Å². The van der Waals surface area contributed by atoms with Gasteiger partial charge in [-0.05, 0) is 49.3 Å². The predicted molar refractivity (Wildman–Crippen MR) is 97.8 cm³/mol. The highest BCUT2D eigenvalue weighted by molar-refractivity contribution is 5.79. The summed E-state index contributed by atoms with van der Waals surface area (Å²) in [6.07, 6.45) is 7.09. The van der Waals surface area contributed by atoms with Crippen LogP contribution < -0.4 is 0 Å². The molecule has 0 unspecified atom stereocenters. The molecule has 22 heavy (non-hydrogen) atoms. The van der Waals surface area contributed by atoms with Crippen LogP contribution in [0.2, 0.25) is 0 Å². The van der Waals surface area contributed by atoms with E-state index in [1.807, 2.05) is 0 Å². The van der Waals surface area contributed by atoms with Gasteiger partial charge in [-0.25, -0.2) is 0 Å². The van der Waals surface area contributed by atoms with E-state index in [-0.39, 0.29) is 0 Å². The summed E-state index contributed by atoms with van der Waals surface area (Å²) in [5, 5.41) is 0. The van der Waals surface area contributed by atoms with Crippen LogP contribution in [0.3, 0.4) is 0 Å². The average Bonchev–Trinajstić information content (AvgIpc) is 2.54. The molecule has 0 spiro atoms. The minimum absolute atomic E-state index is 0.561. The lowest BCUT2D eigenvalue weighted by Gasteiger charge is -2.12. The van der Waals surface area contributed by atoms with Crippen LogP contribution in [0.15, 0.2) is 78.4 Å². The molecule has 0 aliphatic carbocycles. The molecule has 0 saturated carbocycles. The van der Waals surface area contributed by atoms with E-state index in [0.29, 0.717) is 5.92 Å². The molecular formula is C22H26. The zero-order chi connectivity index (χ0) is 15.8. The normalized spacial score (nSPS) is 11.6. The molecule has 0 bridgehead atoms. The van der Waals surface area contributed by atoms with Crippen molar-refractivity contribution in [2.45, 2.75) is 33.6 Å². The van der Waals surface area contributed by atoms with Gasteiger partial charge in [0.25, 0.3) is 0 Å². The second-order valence-electron chi connectivity index (χ2n) is 6.15. The Hall–Kier alpha value is -2.08. The van der Waals surface area contributed by atoms with Gasteiger partial charge in [0.2, 0.25) is 0 Å². The third-order valence-corrected chi connectivity index (χ3v) is 3.80. The molecule has 1 atom stereocenters. The summed E-state index contributed by atoms with van der Waals surface area (Å²) >= 11 is 0. The Labute approximate surface area is 135 Å². The molecule has 0 saturated heterocycles. The number of hydrogen-bond donors (Lipinski definition) is 0. The molecule has 0 N–H and O–H groups in total. The fraction of sp³-hybridized carbons (Fsp3) is 0.273. The maximum atomic E-state index is 2.42. The number of rotatable bonds is 6. The van der Waals surface area contributed by atoms with Crippen LogP contribution >= 0.6 is 0 Å². The second kappa shape index (κ2) is 8.38. The van der Waals surface area contributed by atoms with Gasteiger partial charge in [-0.2, -0.15) is 0 Å². The fourth-order valence-electron chi connectivity index (χ4n) is 2.60. The molecule has 0 fully saturated rings. The van der Waals surface area contributed by atoms with Crippen LogP contribution in [0.25, 0.3) is 5.57 Å². The lowest BCUT2D eigenvalue weighted by Crippen LogP contribution is -1.94. The van der Waals surface area contributed by atoms with Crippen LogP contribution in [0, 0.1) is 5.92 Å². The molecule has 2 rings (SSSR count). The van der Waals surface area contributed by atoms with Crippen molar-refractivity contribution in [3.63, 3.8) is 0 Å². The van der Waals surface area contributed by atoms with Crippen molar-refractivity contribution < 1.29 is 0 Å². The van der Waals surface area contributed by atoms with Gasteiger partial charge in [0.15, 0.2) is 0 Å². The molecule has 0 nitrogen and oxygen atoms in total. The van der Waals surface area contributed by atoms with Gasteiger partial charge in [-0.1, -0.05) is 85.3 Å². The second-order valence-corrected chi connectivity index (χ2v) is 6.15. The first kappa shape index (κ1) is 16.3. The Bertz CT molecular complexity index is 572. The number of allylic oxidation sites excluding steroid dienone is 3. The lowest BCUT2D eigenvalue weighted by atomic mass is 9.92. The van der Waals surface area contributed by atoms with E-state index in [1.165, 1.54) is 28.7 Å². The summed E-state index contributed by atoms with van der Waals surface area (Å²) in [5.74, 6) is 0.561. The monoisotopic (exact) mass is 290 g/mol. The van der Waals surface area contributed by atoms with E-state index >= 15 is 0 Å². The topological polar surface area (TPSA) is 0 Å². The SMILES string of the molecule is CC(C)=CCC[C@@H](C)C=C(c1ccccc1)c1ccccc1. The Morgan fingerprint density at radius 2 is 1.36 bits per heavy atom. The maximum absolute atomic E-state index is 2.42. The molecule has 0 heterocycles. The van der Waals surface area contributed by atoms with Gasteiger partial charge in [0, 0.05) is 0 Å². The summed E-state index contributed by atoms with van der Waals surface area (Å²) < 4.78 is 0. The van der Waals surface area contributed by atoms with Crippen LogP contribution in [0.1, 0.15) is 44.7 Å². The summed E-state index contributed by atoms with van der Waals surface area (Å²) in [5.41, 5.74) is 5.33. The molecule has 2 aromatic rings. The lowest BCUT2D eigenvalue weighted by molar-refractivity contribution is 0.657. The van der Waals surface area contributed by atoms with Crippen molar-refractivity contribution in [2.75, 3.05) is 0 Å². The first-order valence-corrected chi connectivity index (χ1v) is 8.13. The van der Waals surface area contributed by atoms with Gasteiger partial charge < -0.3 is 0 Å². The first-order valence-electron chi connectivity index (χ1n) is 8.13. The van der Waals surface area contributed by atoms with E-state index in [4.69, 9.17) is 0 Å². The van der Waals surface area contributed by atoms with Gasteiger partial charge in [-0.15, -0.1) is 0 Å². The quantitative estimate of drug-likeness (QED) is 0.533. The minimum atomic E-state index is 0.561. The van der Waals surface area contributed by atoms with Crippen molar-refractivity contribution in [1.82, 2.24) is 0 Å². The summed E-state index contributed by atoms with van der Waals surface area (Å²) in [7, 11) is 0. The van der Waals surface area contributed by atoms with Crippen molar-refractivity contribution in [2.24, 2.45) is 5.92 Å². The zero-order valence-electron chi connectivity index (χ0n) is 13.9. The molecule has 2 aromatic carbocycles. The third-order valence-electron chi connectivity index (χ3n) is 3.80. The van der Waals surface area contributed by atoms with E-state index < -0.39 is 0 Å². The highest BCUT2D eigenvalue weighted by atomic mass is 14.1. The summed E-state index contributed by atoms with van der Waals surface area (Å²) in [4.78, 5) is 0. The standard InChI is InChI=1S/C22H26/c1-18(2)11-10-12-19(3)17-22(20-13-6-4-7-14-20)21-15-8-5-9-16-21/h4-9,11,13-17,19H,10,12H2,1-3H3/t19-/m1/s1. The van der Waals surface area contributed by atoms with Crippen LogP contribution in [-0.2, 0) is 0 Å². The van der Waals surface area contributed by atoms with Crippen LogP contribution in [-0.4, -0.2) is 0 Å². The van der Waals surface area contributed by atoms with Gasteiger partial charge in [0.05, 0.1) is 0 Å². The highest BCUT2D eigenvalue weighted by Crippen LogP contribution is 2.26. The third kappa shape index (κ3) is 5.04. The predicted octanol–water partition coefficient (Wildman–Crippen LogP) is 6.50. The van der Waals surface area contributed by atoms with E-state index in [2.05, 4.69) is 93.6 Å². The molecule has 0 radical (unpaired) electrons. The molecule has 0 amide bonds. The van der Waals surface area contributed by atoms with Gasteiger partial charge >= 0.3 is 0 Å². The molecule has 0 heteroatoms. The van der Waals surface area contributed by atoms with E-state index in [1.54, 1.807) is 0 Å². The highest BCUT2D eigenvalue weighted by Gasteiger charge is 2.06. The van der Waals surface area contributed by atoms with Crippen molar-refractivity contribution in [1.29, 1.82) is 0 Å². The molecule has 0 aliphatic heterocycles. The number of hydrogen-bond acceptors (Lipinski definition) is 0. The van der Waals surface area contributed by atoms with Crippen molar-refractivity contribution in [3.8, 4) is 0 Å². The Balaban J connectivity index is 2.25. The largest absolute Gasteiger partial charge is 0.0859 e. The zero-order valence-corrected chi connectivity index (χ0v) is 13.9. The Kier molecular flexibility index (Phi) is 6.21. The number of benzene rings is 2. The fourth-order valence-corrected chi connectivity index (χ4v) is 2.60. The summed E-state index contributed by atoms with van der Waals surface area (Å²) in [6, 6.07) is 21.4. The van der Waals surface area contributed by atoms with Crippen molar-refractivity contribution >= 4 is 5.57 Å². The molecule has 0 aliphatic rings. The smallest absolute Gasteiger partial charge is 0.0149 e. The van der Waals surface area contributed by atoms with Gasteiger partial charge in [-0.3, -0.25) is 0 Å². The minimum Gasteiger partial charge on any atom is -0.0859 e. The average molecular weight is 290 g/mol. The van der Waals surface area contributed by atoms with Gasteiger partial charge in [0.1, 0.15) is 0 Å². The first-order chi connectivity index (χ1) is 10.7. The molecule has 114 valence electrons. The van der Waals surface area contributed by atoms with Crippen LogP contribution in [0.4, 0.5) is 0 Å². The van der Waals surface area contributed by atoms with E-state index in [0.717, 1.165) is 6.42 Å². The Morgan fingerprint density at radius 3 is 1.82 bits per heavy atom. The maximum Gasteiger partial charge on any atom is -0.0149 e. The molecular weight excluding hydrogens is 264 g/mol. The Morgan fingerprint density at radius 1 is 0.864 bits per heavy atom. The van der Waals surface area contributed by atoms with Crippen LogP contribution in [0.5, 0.6) is 0 Å². The summed E-state index contributed by atoms with van der Waals surface area (Å²) in [6.45, 7) is 6.64. The van der Waals surface area contributed by atoms with E-state index in [9.17, 15) is 0 Å².